The van der Waals surface area contributed by atoms with Gasteiger partial charge in [0.2, 0.25) is 17.7 Å². The first-order valence-electron chi connectivity index (χ1n) is 9.29. The van der Waals surface area contributed by atoms with Crippen LogP contribution in [0.15, 0.2) is 53.1 Å². The van der Waals surface area contributed by atoms with Crippen molar-refractivity contribution in [2.75, 3.05) is 6.54 Å². The highest BCUT2D eigenvalue weighted by Gasteiger charge is 2.46. The van der Waals surface area contributed by atoms with Crippen LogP contribution in [0.4, 0.5) is 0 Å². The van der Waals surface area contributed by atoms with E-state index in [1.165, 1.54) is 4.90 Å². The van der Waals surface area contributed by atoms with Gasteiger partial charge in [0, 0.05) is 12.1 Å². The molecule has 0 N–H and O–H groups in total. The average Bonchev–Trinajstić information content (AvgIpc) is 3.30. The third kappa shape index (κ3) is 3.60. The van der Waals surface area contributed by atoms with E-state index < -0.39 is 5.97 Å². The van der Waals surface area contributed by atoms with Crippen molar-refractivity contribution in [2.45, 2.75) is 25.9 Å². The smallest absolute Gasteiger partial charge is 0.308 e. The van der Waals surface area contributed by atoms with Gasteiger partial charge >= 0.3 is 5.97 Å². The summed E-state index contributed by atoms with van der Waals surface area (Å²) in [6.45, 7) is -0.0485. The Bertz CT molecular complexity index is 892. The van der Waals surface area contributed by atoms with Crippen molar-refractivity contribution in [3.63, 3.8) is 0 Å². The van der Waals surface area contributed by atoms with E-state index in [-0.39, 0.29) is 49.1 Å². The zero-order valence-corrected chi connectivity index (χ0v) is 15.2. The molecule has 2 aromatic rings. The normalized spacial score (nSPS) is 21.1. The molecule has 7 heteroatoms. The van der Waals surface area contributed by atoms with E-state index in [4.69, 9.17) is 9.15 Å². The molecule has 28 heavy (non-hydrogen) atoms. The Morgan fingerprint density at radius 1 is 1.11 bits per heavy atom. The fourth-order valence-electron chi connectivity index (χ4n) is 3.62. The minimum Gasteiger partial charge on any atom is -0.456 e. The molecule has 2 amide bonds. The molecule has 2 aliphatic rings. The lowest BCUT2D eigenvalue weighted by molar-refractivity contribution is -0.147. The van der Waals surface area contributed by atoms with Crippen LogP contribution < -0.4 is 0 Å². The number of benzene rings is 1. The second-order valence-electron chi connectivity index (χ2n) is 6.88. The Morgan fingerprint density at radius 2 is 1.79 bits per heavy atom. The van der Waals surface area contributed by atoms with Gasteiger partial charge in [0.05, 0.1) is 24.5 Å². The lowest BCUT2D eigenvalue weighted by Crippen LogP contribution is -2.33. The molecule has 2 heterocycles. The molecule has 1 saturated heterocycles. The maximum absolute atomic E-state index is 12.4. The molecule has 0 spiro atoms. The van der Waals surface area contributed by atoms with E-state index in [1.807, 2.05) is 42.5 Å². The van der Waals surface area contributed by atoms with Gasteiger partial charge in [0.25, 0.3) is 0 Å². The van der Waals surface area contributed by atoms with Crippen molar-refractivity contribution in [1.29, 1.82) is 0 Å². The number of hydrogen-bond donors (Lipinski definition) is 0. The Hall–Kier alpha value is -3.22. The lowest BCUT2D eigenvalue weighted by Gasteiger charge is -2.14. The number of likely N-dealkylation sites (tertiary alicyclic amines) is 1. The van der Waals surface area contributed by atoms with Crippen LogP contribution in [0.2, 0.25) is 0 Å². The molecule has 144 valence electrons. The van der Waals surface area contributed by atoms with Gasteiger partial charge in [-0.25, -0.2) is 4.98 Å². The number of carbonyl (C=O) groups is 3. The summed E-state index contributed by atoms with van der Waals surface area (Å²) in [6.07, 6.45) is 6.58. The van der Waals surface area contributed by atoms with E-state index in [0.717, 1.165) is 5.56 Å². The summed E-state index contributed by atoms with van der Waals surface area (Å²) in [4.78, 5) is 42.1. The van der Waals surface area contributed by atoms with Gasteiger partial charge in [-0.3, -0.25) is 19.3 Å². The fourth-order valence-corrected chi connectivity index (χ4v) is 3.62. The Labute approximate surface area is 162 Å². The van der Waals surface area contributed by atoms with Crippen LogP contribution in [0, 0.1) is 11.8 Å². The number of allylic oxidation sites excluding steroid dienone is 2. The standard InChI is InChI=1S/C21H20N2O5/c24-19(10-11-23-20(25)15-8-4-5-9-16(15)21(23)26)27-13-18-22-12-17(28-18)14-6-2-1-3-7-14/h1-7,12,15-16H,8-11,13H2/t15-,16+. The van der Waals surface area contributed by atoms with Crippen LogP contribution in [-0.2, 0) is 25.7 Å². The summed E-state index contributed by atoms with van der Waals surface area (Å²) in [7, 11) is 0. The van der Waals surface area contributed by atoms with Crippen LogP contribution in [0.3, 0.4) is 0 Å². The predicted octanol–water partition coefficient (Wildman–Crippen LogP) is 2.73. The lowest BCUT2D eigenvalue weighted by atomic mass is 9.85. The molecule has 7 nitrogen and oxygen atoms in total. The number of oxazole rings is 1. The average molecular weight is 380 g/mol. The Morgan fingerprint density at radius 3 is 2.46 bits per heavy atom. The van der Waals surface area contributed by atoms with Crippen LogP contribution >= 0.6 is 0 Å². The van der Waals surface area contributed by atoms with E-state index in [2.05, 4.69) is 4.98 Å². The van der Waals surface area contributed by atoms with E-state index in [1.54, 1.807) is 6.20 Å². The van der Waals surface area contributed by atoms with Gasteiger partial charge in [-0.05, 0) is 12.8 Å². The number of nitrogens with zero attached hydrogens (tertiary/aromatic N) is 2. The fraction of sp³-hybridized carbons (Fsp3) is 0.333. The molecule has 2 atom stereocenters. The quantitative estimate of drug-likeness (QED) is 0.435. The molecule has 0 radical (unpaired) electrons. The van der Waals surface area contributed by atoms with Crippen LogP contribution in [0.1, 0.15) is 25.2 Å². The summed E-state index contributed by atoms with van der Waals surface area (Å²) >= 11 is 0. The van der Waals surface area contributed by atoms with Crippen molar-refractivity contribution in [3.05, 3.63) is 54.6 Å². The summed E-state index contributed by atoms with van der Waals surface area (Å²) in [5.74, 6) is -0.559. The first-order valence-corrected chi connectivity index (χ1v) is 9.29. The minimum absolute atomic E-state index is 0.0450. The largest absolute Gasteiger partial charge is 0.456 e. The van der Waals surface area contributed by atoms with E-state index >= 15 is 0 Å². The van der Waals surface area contributed by atoms with Crippen LogP contribution in [0.5, 0.6) is 0 Å². The number of ether oxygens (including phenoxy) is 1. The molecule has 4 rings (SSSR count). The van der Waals surface area contributed by atoms with Gasteiger partial charge in [0.1, 0.15) is 0 Å². The van der Waals surface area contributed by atoms with Crippen molar-refractivity contribution in [3.8, 4) is 11.3 Å². The first kappa shape index (κ1) is 18.2. The number of carbonyl (C=O) groups excluding carboxylic acids is 3. The topological polar surface area (TPSA) is 89.7 Å². The molecule has 0 saturated carbocycles. The summed E-state index contributed by atoms with van der Waals surface area (Å²) in [6, 6.07) is 9.49. The highest BCUT2D eigenvalue weighted by molar-refractivity contribution is 6.05. The van der Waals surface area contributed by atoms with E-state index in [9.17, 15) is 14.4 Å². The van der Waals surface area contributed by atoms with Crippen molar-refractivity contribution >= 4 is 17.8 Å². The number of esters is 1. The molecule has 0 unspecified atom stereocenters. The van der Waals surface area contributed by atoms with Gasteiger partial charge in [-0.15, -0.1) is 0 Å². The monoisotopic (exact) mass is 380 g/mol. The maximum Gasteiger partial charge on any atom is 0.308 e. The van der Waals surface area contributed by atoms with E-state index in [0.29, 0.717) is 18.6 Å². The van der Waals surface area contributed by atoms with Gasteiger partial charge in [-0.1, -0.05) is 42.5 Å². The summed E-state index contributed by atoms with van der Waals surface area (Å²) in [5.41, 5.74) is 0.884. The molecular formula is C21H20N2O5. The van der Waals surface area contributed by atoms with Crippen LogP contribution in [-0.4, -0.2) is 34.2 Å². The third-order valence-corrected chi connectivity index (χ3v) is 5.11. The first-order chi connectivity index (χ1) is 13.6. The number of fused-ring (bicyclic) bond motifs is 1. The Balaban J connectivity index is 1.27. The van der Waals surface area contributed by atoms with Gasteiger partial charge in [-0.2, -0.15) is 0 Å². The highest BCUT2D eigenvalue weighted by atomic mass is 16.5. The Kier molecular flexibility index (Phi) is 5.06. The zero-order valence-electron chi connectivity index (χ0n) is 15.2. The number of imide groups is 1. The number of amides is 2. The van der Waals surface area contributed by atoms with Gasteiger partial charge in [0.15, 0.2) is 12.4 Å². The zero-order chi connectivity index (χ0) is 19.5. The van der Waals surface area contributed by atoms with Crippen molar-refractivity contribution in [2.24, 2.45) is 11.8 Å². The summed E-state index contributed by atoms with van der Waals surface area (Å²) < 4.78 is 10.8. The summed E-state index contributed by atoms with van der Waals surface area (Å²) in [5, 5.41) is 0. The number of aromatic nitrogens is 1. The molecule has 1 aliphatic carbocycles. The molecule has 1 fully saturated rings. The van der Waals surface area contributed by atoms with Crippen LogP contribution in [0.25, 0.3) is 11.3 Å². The van der Waals surface area contributed by atoms with Gasteiger partial charge < -0.3 is 9.15 Å². The molecule has 1 aromatic carbocycles. The second kappa shape index (κ2) is 7.80. The van der Waals surface area contributed by atoms with Crippen molar-refractivity contribution in [1.82, 2.24) is 9.88 Å². The molecular weight excluding hydrogens is 360 g/mol. The molecule has 1 aliphatic heterocycles. The maximum atomic E-state index is 12.4. The minimum atomic E-state index is -0.506. The number of rotatable bonds is 6. The highest BCUT2D eigenvalue weighted by Crippen LogP contribution is 2.35. The SMILES string of the molecule is O=C(CCN1C(=O)[C@H]2CC=CC[C@H]2C1=O)OCc1ncc(-c2ccccc2)o1. The molecule has 1 aromatic heterocycles. The second-order valence-corrected chi connectivity index (χ2v) is 6.88. The van der Waals surface area contributed by atoms with Crippen molar-refractivity contribution < 1.29 is 23.5 Å². The predicted molar refractivity (Wildman–Crippen MR) is 98.4 cm³/mol. The number of hydrogen-bond acceptors (Lipinski definition) is 6. The molecule has 0 bridgehead atoms. The third-order valence-electron chi connectivity index (χ3n) is 5.11.